The normalized spacial score (nSPS) is 10.7. The lowest BCUT2D eigenvalue weighted by atomic mass is 10.2. The first-order chi connectivity index (χ1) is 6.91. The van der Waals surface area contributed by atoms with Crippen molar-refractivity contribution in [1.82, 2.24) is 4.98 Å². The molecule has 1 aromatic rings. The molecule has 0 aliphatic rings. The fraction of sp³-hybridized carbons (Fsp3) is 0.250. The van der Waals surface area contributed by atoms with E-state index in [-0.39, 0.29) is 20.3 Å². The van der Waals surface area contributed by atoms with Crippen LogP contribution in [-0.4, -0.2) is 16.1 Å². The zero-order chi connectivity index (χ0) is 11.6. The van der Waals surface area contributed by atoms with Gasteiger partial charge in [-0.25, -0.2) is 13.8 Å². The second-order valence-electron chi connectivity index (χ2n) is 2.67. The van der Waals surface area contributed by atoms with Crippen LogP contribution in [0.15, 0.2) is 15.1 Å². The highest BCUT2D eigenvalue weighted by molar-refractivity contribution is 9.11. The van der Waals surface area contributed by atoms with Crippen LogP contribution in [0.2, 0.25) is 0 Å². The fourth-order valence-corrected chi connectivity index (χ4v) is 1.96. The summed E-state index contributed by atoms with van der Waals surface area (Å²) in [7, 11) is 0. The summed E-state index contributed by atoms with van der Waals surface area (Å²) in [5, 5.41) is 8.55. The van der Waals surface area contributed by atoms with Crippen molar-refractivity contribution >= 4 is 37.8 Å². The molecule has 0 saturated heterocycles. The molecule has 1 rings (SSSR count). The molecule has 0 amide bonds. The molecule has 0 bridgehead atoms. The second-order valence-corrected chi connectivity index (χ2v) is 4.27. The maximum Gasteiger partial charge on any atom is 0.309 e. The van der Waals surface area contributed by atoms with Gasteiger partial charge in [-0.05, 0) is 37.9 Å². The number of carbonyl (C=O) groups is 1. The molecule has 0 fully saturated rings. The molecule has 7 heteroatoms. The van der Waals surface area contributed by atoms with Crippen LogP contribution in [-0.2, 0) is 11.2 Å². The van der Waals surface area contributed by atoms with Gasteiger partial charge in [-0.2, -0.15) is 0 Å². The van der Waals surface area contributed by atoms with E-state index in [0.717, 1.165) is 6.07 Å². The van der Waals surface area contributed by atoms with Crippen molar-refractivity contribution in [2.45, 2.75) is 12.8 Å². The van der Waals surface area contributed by atoms with Crippen LogP contribution >= 0.6 is 31.9 Å². The Labute approximate surface area is 101 Å². The Morgan fingerprint density at radius 2 is 2.13 bits per heavy atom. The third kappa shape index (κ3) is 3.20. The first-order valence-electron chi connectivity index (χ1n) is 3.76. The molecule has 0 unspecified atom stereocenters. The molecule has 1 aromatic heterocycles. The topological polar surface area (TPSA) is 50.2 Å². The van der Waals surface area contributed by atoms with Gasteiger partial charge in [0.15, 0.2) is 0 Å². The maximum atomic E-state index is 12.5. The number of hydrogen-bond acceptors (Lipinski definition) is 2. The average Bonchev–Trinajstić information content (AvgIpc) is 2.09. The molecule has 82 valence electrons. The van der Waals surface area contributed by atoms with E-state index in [4.69, 9.17) is 5.11 Å². The summed E-state index contributed by atoms with van der Waals surface area (Å²) in [6.07, 6.45) is -3.08. The minimum Gasteiger partial charge on any atom is -0.481 e. The van der Waals surface area contributed by atoms with Crippen LogP contribution in [0.5, 0.6) is 0 Å². The van der Waals surface area contributed by atoms with E-state index in [1.165, 1.54) is 0 Å². The minimum atomic E-state index is -2.67. The van der Waals surface area contributed by atoms with Gasteiger partial charge in [0.1, 0.15) is 4.60 Å². The van der Waals surface area contributed by atoms with Gasteiger partial charge in [0, 0.05) is 10.0 Å². The number of pyridine rings is 1. The zero-order valence-corrected chi connectivity index (χ0v) is 10.3. The van der Waals surface area contributed by atoms with Gasteiger partial charge in [0.25, 0.3) is 6.43 Å². The number of carboxylic acid groups (broad SMARTS) is 1. The maximum absolute atomic E-state index is 12.5. The van der Waals surface area contributed by atoms with Crippen molar-refractivity contribution in [1.29, 1.82) is 0 Å². The van der Waals surface area contributed by atoms with Gasteiger partial charge in [-0.1, -0.05) is 0 Å². The van der Waals surface area contributed by atoms with Crippen LogP contribution in [0.3, 0.4) is 0 Å². The molecule has 15 heavy (non-hydrogen) atoms. The highest BCUT2D eigenvalue weighted by Crippen LogP contribution is 2.31. The molecule has 0 saturated carbocycles. The molecule has 3 nitrogen and oxygen atoms in total. The first kappa shape index (κ1) is 12.5. The van der Waals surface area contributed by atoms with Crippen LogP contribution in [0, 0.1) is 0 Å². The smallest absolute Gasteiger partial charge is 0.309 e. The summed E-state index contributed by atoms with van der Waals surface area (Å²) in [4.78, 5) is 14.3. The van der Waals surface area contributed by atoms with Gasteiger partial charge in [-0.3, -0.25) is 4.79 Å². The van der Waals surface area contributed by atoms with Crippen molar-refractivity contribution in [2.75, 3.05) is 0 Å². The number of halogens is 4. The first-order valence-corrected chi connectivity index (χ1v) is 5.35. The SMILES string of the molecule is O=C(O)Cc1nc(Br)cc(C(F)F)c1Br. The monoisotopic (exact) mass is 343 g/mol. The third-order valence-electron chi connectivity index (χ3n) is 1.58. The molecule has 0 aromatic carbocycles. The Morgan fingerprint density at radius 1 is 1.53 bits per heavy atom. The van der Waals surface area contributed by atoms with E-state index in [2.05, 4.69) is 36.8 Å². The molecule has 0 atom stereocenters. The molecule has 0 radical (unpaired) electrons. The Hall–Kier alpha value is -0.560. The van der Waals surface area contributed by atoms with E-state index < -0.39 is 18.8 Å². The Morgan fingerprint density at radius 3 is 2.60 bits per heavy atom. The number of carboxylic acids is 1. The molecular weight excluding hydrogens is 340 g/mol. The molecule has 0 spiro atoms. The largest absolute Gasteiger partial charge is 0.481 e. The van der Waals surface area contributed by atoms with Crippen molar-refractivity contribution in [2.24, 2.45) is 0 Å². The number of rotatable bonds is 3. The number of hydrogen-bond donors (Lipinski definition) is 1. The van der Waals surface area contributed by atoms with Gasteiger partial charge in [0.2, 0.25) is 0 Å². The number of aromatic nitrogens is 1. The zero-order valence-electron chi connectivity index (χ0n) is 7.18. The van der Waals surface area contributed by atoms with E-state index in [1.807, 2.05) is 0 Å². The molecule has 1 N–H and O–H groups in total. The summed E-state index contributed by atoms with van der Waals surface area (Å²) in [5.74, 6) is -1.12. The lowest BCUT2D eigenvalue weighted by molar-refractivity contribution is -0.136. The van der Waals surface area contributed by atoms with Crippen molar-refractivity contribution in [3.8, 4) is 0 Å². The average molecular weight is 345 g/mol. The van der Waals surface area contributed by atoms with Crippen molar-refractivity contribution in [3.63, 3.8) is 0 Å². The predicted molar refractivity (Wildman–Crippen MR) is 55.9 cm³/mol. The summed E-state index contributed by atoms with van der Waals surface area (Å²) < 4.78 is 25.2. The predicted octanol–water partition coefficient (Wildman–Crippen LogP) is 3.17. The second kappa shape index (κ2) is 4.98. The highest BCUT2D eigenvalue weighted by Gasteiger charge is 2.18. The minimum absolute atomic E-state index is 0.0445. The molecule has 1 heterocycles. The van der Waals surface area contributed by atoms with Crippen LogP contribution < -0.4 is 0 Å². The van der Waals surface area contributed by atoms with Crippen LogP contribution in [0.4, 0.5) is 8.78 Å². The standard InChI is InChI=1S/C8H5Br2F2NO2/c9-5-1-3(8(11)12)7(10)4(13-5)2-6(14)15/h1,8H,2H2,(H,14,15). The Kier molecular flexibility index (Phi) is 4.15. The summed E-state index contributed by atoms with van der Waals surface area (Å²) in [6, 6.07) is 1.15. The fourth-order valence-electron chi connectivity index (χ4n) is 0.988. The number of aliphatic carboxylic acids is 1. The van der Waals surface area contributed by atoms with Crippen LogP contribution in [0.25, 0.3) is 0 Å². The summed E-state index contributed by atoms with van der Waals surface area (Å²) in [6.45, 7) is 0. The van der Waals surface area contributed by atoms with E-state index in [1.54, 1.807) is 0 Å². The quantitative estimate of drug-likeness (QED) is 0.857. The number of alkyl halides is 2. The Balaban J connectivity index is 3.21. The molecule has 0 aliphatic heterocycles. The van der Waals surface area contributed by atoms with Gasteiger partial charge in [0.05, 0.1) is 12.1 Å². The van der Waals surface area contributed by atoms with Crippen molar-refractivity contribution < 1.29 is 18.7 Å². The lowest BCUT2D eigenvalue weighted by Gasteiger charge is -2.07. The lowest BCUT2D eigenvalue weighted by Crippen LogP contribution is -2.05. The van der Waals surface area contributed by atoms with Gasteiger partial charge in [-0.15, -0.1) is 0 Å². The van der Waals surface area contributed by atoms with Crippen molar-refractivity contribution in [3.05, 3.63) is 26.4 Å². The van der Waals surface area contributed by atoms with E-state index in [9.17, 15) is 13.6 Å². The van der Waals surface area contributed by atoms with Gasteiger partial charge < -0.3 is 5.11 Å². The summed E-state index contributed by atoms with van der Waals surface area (Å²) in [5.41, 5.74) is -0.194. The van der Waals surface area contributed by atoms with E-state index >= 15 is 0 Å². The highest BCUT2D eigenvalue weighted by atomic mass is 79.9. The number of nitrogens with zero attached hydrogens (tertiary/aromatic N) is 1. The third-order valence-corrected chi connectivity index (χ3v) is 2.90. The molecule has 0 aliphatic carbocycles. The summed E-state index contributed by atoms with van der Waals surface area (Å²) >= 11 is 5.86. The molecular formula is C8H5Br2F2NO2. The van der Waals surface area contributed by atoms with Crippen LogP contribution in [0.1, 0.15) is 17.7 Å². The van der Waals surface area contributed by atoms with Gasteiger partial charge >= 0.3 is 5.97 Å². The van der Waals surface area contributed by atoms with E-state index in [0.29, 0.717) is 0 Å². The Bertz CT molecular complexity index is 398.